The lowest BCUT2D eigenvalue weighted by Crippen LogP contribution is -2.36. The van der Waals surface area contributed by atoms with Gasteiger partial charge in [-0.1, -0.05) is 29.1 Å². The summed E-state index contributed by atoms with van der Waals surface area (Å²) >= 11 is 12.6. The van der Waals surface area contributed by atoms with Crippen molar-refractivity contribution in [3.63, 3.8) is 0 Å². The summed E-state index contributed by atoms with van der Waals surface area (Å²) in [5.41, 5.74) is 4.07. The summed E-state index contributed by atoms with van der Waals surface area (Å²) < 4.78 is 14.9. The van der Waals surface area contributed by atoms with Crippen molar-refractivity contribution in [2.24, 2.45) is 0 Å². The highest BCUT2D eigenvalue weighted by Gasteiger charge is 2.23. The van der Waals surface area contributed by atoms with Crippen LogP contribution in [0, 0.1) is 18.2 Å². The fourth-order valence-corrected chi connectivity index (χ4v) is 3.81. The molecule has 1 fully saturated rings. The summed E-state index contributed by atoms with van der Waals surface area (Å²) in [6.07, 6.45) is 9.66. The molecule has 1 amide bonds. The zero-order valence-corrected chi connectivity index (χ0v) is 18.0. The van der Waals surface area contributed by atoms with Crippen LogP contribution in [0.25, 0.3) is 11.1 Å². The van der Waals surface area contributed by atoms with Crippen LogP contribution < -0.4 is 15.8 Å². The van der Waals surface area contributed by atoms with E-state index >= 15 is 0 Å². The number of nitrogens with one attached hydrogen (secondary N) is 2. The number of hydrazine groups is 1. The van der Waals surface area contributed by atoms with Gasteiger partial charge in [-0.25, -0.2) is 14.8 Å². The van der Waals surface area contributed by atoms with Gasteiger partial charge in [-0.15, -0.1) is 6.42 Å². The number of hydrogen-bond acceptors (Lipinski definition) is 6. The number of rotatable bonds is 4. The van der Waals surface area contributed by atoms with E-state index in [9.17, 15) is 14.3 Å². The number of nitrogens with zero attached hydrogens (tertiary/aromatic N) is 3. The van der Waals surface area contributed by atoms with Gasteiger partial charge < -0.3 is 10.4 Å². The fraction of sp³-hybridized carbons (Fsp3) is 0.136. The molecule has 3 heterocycles. The lowest BCUT2D eigenvalue weighted by molar-refractivity contribution is 0.102. The summed E-state index contributed by atoms with van der Waals surface area (Å²) in [6, 6.07) is 5.48. The highest BCUT2D eigenvalue weighted by molar-refractivity contribution is 6.35. The molecule has 162 valence electrons. The van der Waals surface area contributed by atoms with E-state index in [0.717, 1.165) is 6.07 Å². The highest BCUT2D eigenvalue weighted by atomic mass is 35.5. The van der Waals surface area contributed by atoms with Gasteiger partial charge >= 0.3 is 0 Å². The highest BCUT2D eigenvalue weighted by Crippen LogP contribution is 2.32. The van der Waals surface area contributed by atoms with Gasteiger partial charge in [0.15, 0.2) is 5.82 Å². The van der Waals surface area contributed by atoms with Crippen molar-refractivity contribution >= 4 is 40.6 Å². The van der Waals surface area contributed by atoms with Gasteiger partial charge in [-0.05, 0) is 24.3 Å². The molecule has 3 aromatic rings. The zero-order valence-electron chi connectivity index (χ0n) is 16.4. The van der Waals surface area contributed by atoms with E-state index in [1.165, 1.54) is 30.7 Å². The Morgan fingerprint density at radius 2 is 2.09 bits per heavy atom. The van der Waals surface area contributed by atoms with Gasteiger partial charge in [0, 0.05) is 36.5 Å². The number of carbonyl (C=O) groups excluding carboxylic acids is 1. The molecule has 2 aromatic heterocycles. The summed E-state index contributed by atoms with van der Waals surface area (Å²) in [4.78, 5) is 20.9. The molecule has 10 heteroatoms. The van der Waals surface area contributed by atoms with Crippen LogP contribution in [0.5, 0.6) is 0 Å². The smallest absolute Gasteiger partial charge is 0.257 e. The molecule has 0 spiro atoms. The minimum absolute atomic E-state index is 0.0459. The second-order valence-electron chi connectivity index (χ2n) is 6.95. The number of benzene rings is 1. The third kappa shape index (κ3) is 4.38. The van der Waals surface area contributed by atoms with Crippen molar-refractivity contribution in [3.05, 3.63) is 69.8 Å². The second-order valence-corrected chi connectivity index (χ2v) is 7.76. The Hall–Kier alpha value is -3.22. The Balaban J connectivity index is 1.57. The molecule has 1 aliphatic heterocycles. The van der Waals surface area contributed by atoms with Crippen LogP contribution in [0.1, 0.15) is 22.3 Å². The Morgan fingerprint density at radius 1 is 1.28 bits per heavy atom. The normalized spacial score (nSPS) is 15.5. The molecular weight excluding hydrogens is 456 g/mol. The van der Waals surface area contributed by atoms with Crippen molar-refractivity contribution in [2.75, 3.05) is 16.9 Å². The summed E-state index contributed by atoms with van der Waals surface area (Å²) in [7, 11) is 0. The zero-order chi connectivity index (χ0) is 22.8. The molecule has 1 aromatic carbocycles. The number of aromatic nitrogens is 2. The number of anilines is 2. The van der Waals surface area contributed by atoms with E-state index < -0.39 is 18.0 Å². The summed E-state index contributed by atoms with van der Waals surface area (Å²) in [6.45, 7) is 0.527. The van der Waals surface area contributed by atoms with E-state index in [2.05, 4.69) is 26.6 Å². The van der Waals surface area contributed by atoms with E-state index in [0.29, 0.717) is 35.6 Å². The molecule has 3 N–H and O–H groups in total. The predicted molar refractivity (Wildman–Crippen MR) is 121 cm³/mol. The number of terminal acetylenes is 1. The summed E-state index contributed by atoms with van der Waals surface area (Å²) in [5.74, 6) is 1.57. The van der Waals surface area contributed by atoms with Crippen LogP contribution in [-0.2, 0) is 0 Å². The van der Waals surface area contributed by atoms with E-state index in [1.54, 1.807) is 11.1 Å². The Kier molecular flexibility index (Phi) is 6.26. The number of aliphatic hydroxyl groups is 1. The van der Waals surface area contributed by atoms with Gasteiger partial charge in [0.25, 0.3) is 5.91 Å². The number of carbonyl (C=O) groups is 1. The molecule has 1 saturated heterocycles. The van der Waals surface area contributed by atoms with Crippen LogP contribution in [0.3, 0.4) is 0 Å². The molecule has 1 aliphatic rings. The first-order chi connectivity index (χ1) is 15.4. The third-order valence-corrected chi connectivity index (χ3v) is 5.43. The van der Waals surface area contributed by atoms with Crippen molar-refractivity contribution < 1.29 is 14.3 Å². The third-order valence-electron chi connectivity index (χ3n) is 4.83. The first kappa shape index (κ1) is 22.0. The molecule has 1 atom stereocenters. The number of pyridine rings is 2. The van der Waals surface area contributed by atoms with E-state index in [4.69, 9.17) is 29.6 Å². The van der Waals surface area contributed by atoms with E-state index in [1.807, 2.05) is 0 Å². The minimum Gasteiger partial charge on any atom is -0.377 e. The van der Waals surface area contributed by atoms with Crippen molar-refractivity contribution in [1.29, 1.82) is 0 Å². The first-order valence-electron chi connectivity index (χ1n) is 9.46. The molecule has 0 bridgehead atoms. The van der Waals surface area contributed by atoms with E-state index in [-0.39, 0.29) is 21.2 Å². The van der Waals surface area contributed by atoms with Gasteiger partial charge in [0.1, 0.15) is 12.0 Å². The van der Waals surface area contributed by atoms with Crippen LogP contribution in [-0.4, -0.2) is 33.8 Å². The Morgan fingerprint density at radius 3 is 2.78 bits per heavy atom. The van der Waals surface area contributed by atoms with Crippen LogP contribution in [0.4, 0.5) is 15.9 Å². The number of amides is 1. The van der Waals surface area contributed by atoms with Gasteiger partial charge in [-0.2, -0.15) is 0 Å². The molecule has 0 aliphatic carbocycles. The Labute approximate surface area is 193 Å². The maximum Gasteiger partial charge on any atom is 0.257 e. The number of hydrogen-bond donors (Lipinski definition) is 3. The van der Waals surface area contributed by atoms with Gasteiger partial charge in [-0.3, -0.25) is 14.8 Å². The molecule has 1 unspecified atom stereocenters. The molecule has 0 radical (unpaired) electrons. The molecule has 7 nitrogen and oxygen atoms in total. The molecule has 0 saturated carbocycles. The standard InChI is InChI=1S/C22H16Cl2FN5O2/c1-2-12-10-26-5-3-14(12)15-8-17(23)16(9-19(15)25)22(32)28-13-7-18(24)21(27-11-13)30-6-4-20(31)29-30/h1,3,5,7-11,20,29,31H,4,6H2,(H,28,32). The van der Waals surface area contributed by atoms with Crippen molar-refractivity contribution in [2.45, 2.75) is 12.6 Å². The van der Waals surface area contributed by atoms with Crippen LogP contribution >= 0.6 is 23.2 Å². The lowest BCUT2D eigenvalue weighted by atomic mass is 10.00. The maximum absolute atomic E-state index is 14.9. The number of aliphatic hydroxyl groups excluding tert-OH is 1. The van der Waals surface area contributed by atoms with Crippen molar-refractivity contribution in [1.82, 2.24) is 15.4 Å². The monoisotopic (exact) mass is 471 g/mol. The van der Waals surface area contributed by atoms with Crippen LogP contribution in [0.2, 0.25) is 10.0 Å². The van der Waals surface area contributed by atoms with Gasteiger partial charge in [0.2, 0.25) is 0 Å². The maximum atomic E-state index is 14.9. The number of halogens is 3. The molecular formula is C22H16Cl2FN5O2. The van der Waals surface area contributed by atoms with Gasteiger partial charge in [0.05, 0.1) is 33.1 Å². The predicted octanol–water partition coefficient (Wildman–Crippen LogP) is 3.86. The topological polar surface area (TPSA) is 90.4 Å². The second kappa shape index (κ2) is 9.10. The quantitative estimate of drug-likeness (QED) is 0.500. The fourth-order valence-electron chi connectivity index (χ4n) is 3.30. The Bertz CT molecular complexity index is 1250. The SMILES string of the molecule is C#Cc1cnccc1-c1cc(Cl)c(C(=O)Nc2cnc(N3CCC(O)N3)c(Cl)c2)cc1F. The minimum atomic E-state index is -0.670. The first-order valence-corrected chi connectivity index (χ1v) is 10.2. The summed E-state index contributed by atoms with van der Waals surface area (Å²) in [5, 5.41) is 14.1. The average molecular weight is 472 g/mol. The lowest BCUT2D eigenvalue weighted by Gasteiger charge is -2.19. The molecule has 4 rings (SSSR count). The average Bonchev–Trinajstić information content (AvgIpc) is 3.21. The largest absolute Gasteiger partial charge is 0.377 e. The molecule has 32 heavy (non-hydrogen) atoms. The van der Waals surface area contributed by atoms with Crippen molar-refractivity contribution in [3.8, 4) is 23.5 Å². The van der Waals surface area contributed by atoms with Crippen LogP contribution in [0.15, 0.2) is 42.9 Å².